The Hall–Kier alpha value is -4.43. The summed E-state index contributed by atoms with van der Waals surface area (Å²) in [6.45, 7) is 8.55. The number of carbonyl (C=O) groups is 2. The highest BCUT2D eigenvalue weighted by Crippen LogP contribution is 2.42. The molecule has 0 bridgehead atoms. The van der Waals surface area contributed by atoms with Crippen LogP contribution < -0.4 is 10.1 Å². The summed E-state index contributed by atoms with van der Waals surface area (Å²) in [5.74, 6) is 0.00791. The molecule has 0 aliphatic heterocycles. The van der Waals surface area contributed by atoms with E-state index in [4.69, 9.17) is 9.47 Å². The van der Waals surface area contributed by atoms with Gasteiger partial charge in [-0.05, 0) is 75.1 Å². The largest absolute Gasteiger partial charge is 0.492 e. The van der Waals surface area contributed by atoms with Crippen molar-refractivity contribution in [1.82, 2.24) is 14.9 Å². The average Bonchev–Trinajstić information content (AvgIpc) is 3.27. The molecule has 0 spiro atoms. The van der Waals surface area contributed by atoms with E-state index < -0.39 is 5.97 Å². The van der Waals surface area contributed by atoms with Gasteiger partial charge in [0.1, 0.15) is 18.0 Å². The first-order valence-electron chi connectivity index (χ1n) is 12.5. The van der Waals surface area contributed by atoms with Gasteiger partial charge in [-0.25, -0.2) is 9.78 Å². The number of nitrogens with zero attached hydrogens (tertiary/aromatic N) is 2. The SMILES string of the molecule is C=CC(=O)Nc1cccc2c1c1cc(OCCN(C)C)ccc1c1[nH]c3ncc(C(=O)OC(C)C)cc3c21. The maximum absolute atomic E-state index is 12.7. The maximum Gasteiger partial charge on any atom is 0.339 e. The molecular formula is C30H30N4O4. The average molecular weight is 511 g/mol. The van der Waals surface area contributed by atoms with Gasteiger partial charge in [-0.1, -0.05) is 18.7 Å². The minimum atomic E-state index is -0.424. The third-order valence-corrected chi connectivity index (χ3v) is 6.34. The fourth-order valence-electron chi connectivity index (χ4n) is 4.67. The lowest BCUT2D eigenvalue weighted by atomic mass is 9.95. The highest BCUT2D eigenvalue weighted by Gasteiger charge is 2.19. The second kappa shape index (κ2) is 10.1. The van der Waals surface area contributed by atoms with E-state index in [1.54, 1.807) is 0 Å². The number of rotatable bonds is 8. The van der Waals surface area contributed by atoms with Crippen LogP contribution in [0.5, 0.6) is 5.75 Å². The van der Waals surface area contributed by atoms with Gasteiger partial charge in [0, 0.05) is 40.0 Å². The van der Waals surface area contributed by atoms with Gasteiger partial charge in [0.05, 0.1) is 17.2 Å². The van der Waals surface area contributed by atoms with Gasteiger partial charge in [-0.15, -0.1) is 0 Å². The van der Waals surface area contributed by atoms with Crippen molar-refractivity contribution in [3.05, 3.63) is 66.9 Å². The van der Waals surface area contributed by atoms with Crippen LogP contribution in [0, 0.1) is 0 Å². The van der Waals surface area contributed by atoms with E-state index in [9.17, 15) is 9.59 Å². The predicted molar refractivity (Wildman–Crippen MR) is 152 cm³/mol. The minimum Gasteiger partial charge on any atom is -0.492 e. The number of H-pyrrole nitrogens is 1. The molecule has 8 heteroatoms. The van der Waals surface area contributed by atoms with Crippen LogP contribution in [0.15, 0.2) is 61.3 Å². The highest BCUT2D eigenvalue weighted by atomic mass is 16.5. The van der Waals surface area contributed by atoms with Gasteiger partial charge in [0.15, 0.2) is 0 Å². The molecule has 0 unspecified atom stereocenters. The standard InChI is InChI=1S/C30H30N4O4/c1-6-25(35)32-24-9-7-8-21-26(24)22-15-19(37-13-12-34(4)5)10-11-20(22)28-27(21)23-14-18(16-31-29(23)33-28)30(36)38-17(2)3/h6-11,14-17H,1,12-13H2,2-5H3,(H,31,33)(H,32,35). The quantitative estimate of drug-likeness (QED) is 0.159. The van der Waals surface area contributed by atoms with Gasteiger partial charge in [0.25, 0.3) is 0 Å². The predicted octanol–water partition coefficient (Wildman–Crippen LogP) is 5.65. The van der Waals surface area contributed by atoms with E-state index in [-0.39, 0.29) is 12.0 Å². The lowest BCUT2D eigenvalue weighted by Crippen LogP contribution is -2.19. The summed E-state index contributed by atoms with van der Waals surface area (Å²) in [5.41, 5.74) is 2.57. The maximum atomic E-state index is 12.7. The first-order valence-corrected chi connectivity index (χ1v) is 12.5. The van der Waals surface area contributed by atoms with Crippen LogP contribution in [0.3, 0.4) is 0 Å². The summed E-state index contributed by atoms with van der Waals surface area (Å²) in [4.78, 5) is 35.1. The van der Waals surface area contributed by atoms with Crippen LogP contribution in [-0.2, 0) is 9.53 Å². The van der Waals surface area contributed by atoms with E-state index in [1.165, 1.54) is 12.3 Å². The fraction of sp³-hybridized carbons (Fsp3) is 0.233. The minimum absolute atomic E-state index is 0.240. The lowest BCUT2D eigenvalue weighted by Gasteiger charge is -2.15. The number of nitrogens with one attached hydrogen (secondary N) is 2. The first kappa shape index (κ1) is 25.2. The van der Waals surface area contributed by atoms with Gasteiger partial charge in [-0.3, -0.25) is 4.79 Å². The van der Waals surface area contributed by atoms with E-state index in [0.29, 0.717) is 23.5 Å². The molecule has 2 aromatic heterocycles. The van der Waals surface area contributed by atoms with Crippen LogP contribution in [0.4, 0.5) is 5.69 Å². The molecule has 0 saturated carbocycles. The lowest BCUT2D eigenvalue weighted by molar-refractivity contribution is -0.111. The number of carbonyl (C=O) groups excluding carboxylic acids is 2. The Morgan fingerprint density at radius 2 is 1.89 bits per heavy atom. The molecule has 38 heavy (non-hydrogen) atoms. The smallest absolute Gasteiger partial charge is 0.339 e. The van der Waals surface area contributed by atoms with E-state index in [0.717, 1.165) is 50.1 Å². The number of fused-ring (bicyclic) bond motifs is 8. The van der Waals surface area contributed by atoms with Gasteiger partial charge in [0.2, 0.25) is 5.91 Å². The van der Waals surface area contributed by atoms with Crippen molar-refractivity contribution in [3.8, 4) is 5.75 Å². The molecule has 2 heterocycles. The molecule has 0 aliphatic carbocycles. The molecule has 3 aromatic carbocycles. The molecule has 8 nitrogen and oxygen atoms in total. The Morgan fingerprint density at radius 1 is 1.08 bits per heavy atom. The molecule has 5 aromatic rings. The van der Waals surface area contributed by atoms with Gasteiger partial charge >= 0.3 is 5.97 Å². The molecule has 1 amide bonds. The van der Waals surface area contributed by atoms with Crippen molar-refractivity contribution in [2.24, 2.45) is 0 Å². The number of likely N-dealkylation sites (N-methyl/N-ethyl adjacent to an activating group) is 1. The molecule has 0 aliphatic rings. The van der Waals surface area contributed by atoms with Crippen molar-refractivity contribution in [2.45, 2.75) is 20.0 Å². The number of anilines is 1. The van der Waals surface area contributed by atoms with Crippen molar-refractivity contribution in [2.75, 3.05) is 32.6 Å². The van der Waals surface area contributed by atoms with Crippen LogP contribution >= 0.6 is 0 Å². The van der Waals surface area contributed by atoms with Crippen molar-refractivity contribution in [1.29, 1.82) is 0 Å². The molecule has 0 fully saturated rings. The second-order valence-electron chi connectivity index (χ2n) is 9.73. The molecule has 0 radical (unpaired) electrons. The molecule has 0 saturated heterocycles. The molecule has 2 N–H and O–H groups in total. The zero-order valence-corrected chi connectivity index (χ0v) is 21.9. The zero-order chi connectivity index (χ0) is 27.0. The number of aromatic amines is 1. The Kier molecular flexibility index (Phi) is 6.73. The molecule has 0 atom stereocenters. The molecular weight excluding hydrogens is 480 g/mol. The number of pyridine rings is 1. The summed E-state index contributed by atoms with van der Waals surface area (Å²) >= 11 is 0. The Balaban J connectivity index is 1.81. The Bertz CT molecular complexity index is 1720. The van der Waals surface area contributed by atoms with Crippen LogP contribution in [0.2, 0.25) is 0 Å². The summed E-state index contributed by atoms with van der Waals surface area (Å²) < 4.78 is 11.4. The molecule has 5 rings (SSSR count). The fourth-order valence-corrected chi connectivity index (χ4v) is 4.67. The van der Waals surface area contributed by atoms with Gasteiger partial charge in [-0.2, -0.15) is 0 Å². The number of aromatic nitrogens is 2. The second-order valence-corrected chi connectivity index (χ2v) is 9.73. The number of hydrogen-bond donors (Lipinski definition) is 2. The summed E-state index contributed by atoms with van der Waals surface area (Å²) in [5, 5.41) is 8.28. The number of esters is 1. The van der Waals surface area contributed by atoms with Gasteiger partial charge < -0.3 is 24.7 Å². The van der Waals surface area contributed by atoms with Crippen LogP contribution in [0.25, 0.3) is 43.5 Å². The third kappa shape index (κ3) is 4.66. The van der Waals surface area contributed by atoms with E-state index >= 15 is 0 Å². The summed E-state index contributed by atoms with van der Waals surface area (Å²) in [6, 6.07) is 13.5. The monoisotopic (exact) mass is 510 g/mol. The summed E-state index contributed by atoms with van der Waals surface area (Å²) in [7, 11) is 4.00. The number of ether oxygens (including phenoxy) is 2. The Morgan fingerprint density at radius 3 is 2.63 bits per heavy atom. The third-order valence-electron chi connectivity index (χ3n) is 6.34. The van der Waals surface area contributed by atoms with Crippen molar-refractivity contribution < 1.29 is 19.1 Å². The topological polar surface area (TPSA) is 96.5 Å². The van der Waals surface area contributed by atoms with E-state index in [1.807, 2.05) is 70.4 Å². The van der Waals surface area contributed by atoms with E-state index in [2.05, 4.69) is 26.8 Å². The number of hydrogen-bond acceptors (Lipinski definition) is 6. The normalized spacial score (nSPS) is 11.6. The Labute approximate surface area is 220 Å². The van der Waals surface area contributed by atoms with Crippen molar-refractivity contribution >= 4 is 61.0 Å². The first-order chi connectivity index (χ1) is 18.3. The highest BCUT2D eigenvalue weighted by molar-refractivity contribution is 6.33. The number of amides is 1. The zero-order valence-electron chi connectivity index (χ0n) is 21.9. The van der Waals surface area contributed by atoms with Crippen molar-refractivity contribution in [3.63, 3.8) is 0 Å². The summed E-state index contributed by atoms with van der Waals surface area (Å²) in [6.07, 6.45) is 2.53. The van der Waals surface area contributed by atoms with Crippen LogP contribution in [-0.4, -0.2) is 60.1 Å². The number of benzene rings is 3. The molecule has 194 valence electrons. The van der Waals surface area contributed by atoms with Crippen LogP contribution in [0.1, 0.15) is 24.2 Å².